The Kier molecular flexibility index (Phi) is 10.1. The van der Waals surface area contributed by atoms with Crippen LogP contribution in [0, 0.1) is 11.8 Å². The number of thioether (sulfide) groups is 1. The first-order valence-corrected chi connectivity index (χ1v) is 14.2. The van der Waals surface area contributed by atoms with Crippen molar-refractivity contribution in [1.82, 2.24) is 9.88 Å². The summed E-state index contributed by atoms with van der Waals surface area (Å²) in [6.45, 7) is 2.72. The summed E-state index contributed by atoms with van der Waals surface area (Å²) >= 11 is 8.03. The summed E-state index contributed by atoms with van der Waals surface area (Å²) in [4.78, 5) is 19.2. The summed E-state index contributed by atoms with van der Waals surface area (Å²) in [5.74, 6) is 1.39. The molecule has 8 heteroatoms. The number of carboxylic acids is 1. The van der Waals surface area contributed by atoms with Crippen LogP contribution in [0.4, 0.5) is 4.39 Å². The number of hydrogen-bond acceptors (Lipinski definition) is 5. The van der Waals surface area contributed by atoms with E-state index < -0.39 is 12.1 Å². The second-order valence-electron chi connectivity index (χ2n) is 9.65. The van der Waals surface area contributed by atoms with Gasteiger partial charge in [-0.1, -0.05) is 23.7 Å². The summed E-state index contributed by atoms with van der Waals surface area (Å²) in [6.07, 6.45) is 3.43. The molecule has 198 valence electrons. The quantitative estimate of drug-likeness (QED) is 0.242. The van der Waals surface area contributed by atoms with Crippen molar-refractivity contribution in [3.05, 3.63) is 65.3 Å². The molecule has 1 N–H and O–H groups in total. The van der Waals surface area contributed by atoms with Crippen LogP contribution in [0.3, 0.4) is 0 Å². The van der Waals surface area contributed by atoms with Crippen LogP contribution in [-0.2, 0) is 4.79 Å². The molecule has 0 spiro atoms. The van der Waals surface area contributed by atoms with E-state index in [4.69, 9.17) is 16.3 Å². The summed E-state index contributed by atoms with van der Waals surface area (Å²) in [5.41, 5.74) is 1.39. The van der Waals surface area contributed by atoms with E-state index in [9.17, 15) is 9.90 Å². The third kappa shape index (κ3) is 7.59. The lowest BCUT2D eigenvalue weighted by Crippen LogP contribution is -2.41. The first-order chi connectivity index (χ1) is 17.9. The average molecular weight is 545 g/mol. The van der Waals surface area contributed by atoms with E-state index in [1.807, 2.05) is 42.5 Å². The Morgan fingerprint density at radius 3 is 2.86 bits per heavy atom. The third-order valence-electron chi connectivity index (χ3n) is 7.32. The molecule has 0 bridgehead atoms. The minimum atomic E-state index is -1.11. The first kappa shape index (κ1) is 27.7. The number of piperidine rings is 1. The zero-order chi connectivity index (χ0) is 26.2. The molecule has 0 radical (unpaired) electrons. The van der Waals surface area contributed by atoms with Crippen LogP contribution in [0.2, 0.25) is 5.02 Å². The Labute approximate surface area is 227 Å². The van der Waals surface area contributed by atoms with Crippen molar-refractivity contribution in [3.8, 4) is 5.75 Å². The highest BCUT2D eigenvalue weighted by atomic mass is 35.5. The van der Waals surface area contributed by atoms with E-state index in [0.717, 1.165) is 59.0 Å². The van der Waals surface area contributed by atoms with Gasteiger partial charge in [-0.3, -0.25) is 9.78 Å². The monoisotopic (exact) mass is 544 g/mol. The molecule has 3 aromatic rings. The van der Waals surface area contributed by atoms with E-state index in [1.54, 1.807) is 31.1 Å². The standard InChI is InChI=1S/C29H34ClFN2O3S/c1-36-22-8-10-27-24(18-22)23(12-14-32-27)26(31)9-6-20-13-15-33(19-21(20)7-11-29(34)35)16-17-37-28-5-3-2-4-25(28)30/h2-5,8,10,12,14,18,20-21,26H,6-7,9,11,13,15-17,19H2,1H3,(H,34,35)/t20-,21-,26-/m1/s1. The molecule has 1 saturated heterocycles. The number of pyridine rings is 1. The number of rotatable bonds is 12. The van der Waals surface area contributed by atoms with Gasteiger partial charge in [0.25, 0.3) is 0 Å². The summed E-state index contributed by atoms with van der Waals surface area (Å²) in [7, 11) is 1.60. The van der Waals surface area contributed by atoms with Crippen molar-refractivity contribution in [1.29, 1.82) is 0 Å². The van der Waals surface area contributed by atoms with E-state index >= 15 is 4.39 Å². The molecule has 1 aliphatic rings. The van der Waals surface area contributed by atoms with Crippen molar-refractivity contribution < 1.29 is 19.0 Å². The zero-order valence-corrected chi connectivity index (χ0v) is 22.7. The minimum Gasteiger partial charge on any atom is -0.497 e. The number of methoxy groups -OCH3 is 1. The maximum absolute atomic E-state index is 15.5. The molecular formula is C29H34ClFN2O3S. The van der Waals surface area contributed by atoms with Gasteiger partial charge in [-0.25, -0.2) is 4.39 Å². The summed E-state index contributed by atoms with van der Waals surface area (Å²) in [6, 6.07) is 15.1. The number of benzene rings is 2. The van der Waals surface area contributed by atoms with Crippen LogP contribution in [0.25, 0.3) is 10.9 Å². The van der Waals surface area contributed by atoms with Gasteiger partial charge >= 0.3 is 5.97 Å². The number of alkyl halides is 1. The van der Waals surface area contributed by atoms with Crippen molar-refractivity contribution in [3.63, 3.8) is 0 Å². The molecule has 4 rings (SSSR count). The van der Waals surface area contributed by atoms with Crippen LogP contribution in [0.1, 0.15) is 43.8 Å². The zero-order valence-electron chi connectivity index (χ0n) is 21.1. The number of aliphatic carboxylic acids is 1. The molecule has 37 heavy (non-hydrogen) atoms. The van der Waals surface area contributed by atoms with E-state index in [0.29, 0.717) is 30.1 Å². The van der Waals surface area contributed by atoms with Gasteiger partial charge in [0, 0.05) is 41.7 Å². The smallest absolute Gasteiger partial charge is 0.303 e. The van der Waals surface area contributed by atoms with E-state index in [-0.39, 0.29) is 12.3 Å². The fraction of sp³-hybridized carbons (Fsp3) is 0.448. The summed E-state index contributed by atoms with van der Waals surface area (Å²) < 4.78 is 20.9. The number of ether oxygens (including phenoxy) is 1. The molecular weight excluding hydrogens is 511 g/mol. The molecule has 1 aromatic heterocycles. The fourth-order valence-electron chi connectivity index (χ4n) is 5.28. The van der Waals surface area contributed by atoms with Gasteiger partial charge in [0.15, 0.2) is 0 Å². The van der Waals surface area contributed by atoms with Crippen molar-refractivity contribution in [2.45, 2.75) is 43.2 Å². The lowest BCUT2D eigenvalue weighted by molar-refractivity contribution is -0.137. The van der Waals surface area contributed by atoms with Gasteiger partial charge in [-0.15, -0.1) is 11.8 Å². The Morgan fingerprint density at radius 2 is 2.08 bits per heavy atom. The van der Waals surface area contributed by atoms with Crippen LogP contribution in [-0.4, -0.2) is 53.5 Å². The van der Waals surface area contributed by atoms with Gasteiger partial charge in [0.05, 0.1) is 17.6 Å². The topological polar surface area (TPSA) is 62.7 Å². The van der Waals surface area contributed by atoms with Gasteiger partial charge in [0.1, 0.15) is 11.9 Å². The Bertz CT molecular complexity index is 1200. The van der Waals surface area contributed by atoms with Crippen LogP contribution in [0.15, 0.2) is 59.6 Å². The third-order valence-corrected chi connectivity index (χ3v) is 8.81. The number of nitrogens with zero attached hydrogens (tertiary/aromatic N) is 2. The first-order valence-electron chi connectivity index (χ1n) is 12.8. The maximum atomic E-state index is 15.5. The number of carboxylic acid groups (broad SMARTS) is 1. The molecule has 1 aliphatic heterocycles. The molecule has 2 aromatic carbocycles. The molecule has 2 heterocycles. The highest BCUT2D eigenvalue weighted by Crippen LogP contribution is 2.37. The van der Waals surface area contributed by atoms with Crippen LogP contribution in [0.5, 0.6) is 5.75 Å². The van der Waals surface area contributed by atoms with Gasteiger partial charge < -0.3 is 14.7 Å². The SMILES string of the molecule is COc1ccc2nccc([C@H](F)CC[C@@H]3CCN(CCSc4ccccc4Cl)C[C@H]3CCC(=O)O)c2c1. The second kappa shape index (κ2) is 13.4. The second-order valence-corrected chi connectivity index (χ2v) is 11.2. The predicted molar refractivity (Wildman–Crippen MR) is 148 cm³/mol. The molecule has 5 nitrogen and oxygen atoms in total. The van der Waals surface area contributed by atoms with E-state index in [2.05, 4.69) is 9.88 Å². The van der Waals surface area contributed by atoms with Crippen LogP contribution >= 0.6 is 23.4 Å². The normalized spacial score (nSPS) is 19.1. The average Bonchev–Trinajstić information content (AvgIpc) is 2.91. The molecule has 0 amide bonds. The number of likely N-dealkylation sites (tertiary alicyclic amines) is 1. The Morgan fingerprint density at radius 1 is 1.24 bits per heavy atom. The number of fused-ring (bicyclic) bond motifs is 1. The highest BCUT2D eigenvalue weighted by molar-refractivity contribution is 7.99. The molecule has 0 aliphatic carbocycles. The largest absolute Gasteiger partial charge is 0.497 e. The Hall–Kier alpha value is -2.35. The number of halogens is 2. The number of aromatic nitrogens is 1. The molecule has 0 saturated carbocycles. The number of carbonyl (C=O) groups is 1. The van der Waals surface area contributed by atoms with E-state index in [1.165, 1.54) is 0 Å². The van der Waals surface area contributed by atoms with Crippen molar-refractivity contribution >= 4 is 40.2 Å². The summed E-state index contributed by atoms with van der Waals surface area (Å²) in [5, 5.41) is 10.8. The lowest BCUT2D eigenvalue weighted by atomic mass is 9.79. The number of hydrogen-bond donors (Lipinski definition) is 1. The lowest BCUT2D eigenvalue weighted by Gasteiger charge is -2.39. The van der Waals surface area contributed by atoms with Gasteiger partial charge in [-0.05, 0) is 86.0 Å². The fourth-order valence-corrected chi connectivity index (χ4v) is 6.53. The van der Waals surface area contributed by atoms with Gasteiger partial charge in [-0.2, -0.15) is 0 Å². The predicted octanol–water partition coefficient (Wildman–Crippen LogP) is 7.28. The molecule has 3 atom stereocenters. The minimum absolute atomic E-state index is 0.150. The van der Waals surface area contributed by atoms with Crippen molar-refractivity contribution in [2.24, 2.45) is 11.8 Å². The van der Waals surface area contributed by atoms with Gasteiger partial charge in [0.2, 0.25) is 0 Å². The Balaban J connectivity index is 1.35. The van der Waals surface area contributed by atoms with Crippen LogP contribution < -0.4 is 4.74 Å². The maximum Gasteiger partial charge on any atom is 0.303 e. The molecule has 1 fully saturated rings. The molecule has 0 unspecified atom stereocenters. The van der Waals surface area contributed by atoms with Crippen molar-refractivity contribution in [2.75, 3.05) is 32.5 Å². The highest BCUT2D eigenvalue weighted by Gasteiger charge is 2.30.